The van der Waals surface area contributed by atoms with Crippen molar-refractivity contribution in [1.29, 1.82) is 0 Å². The molecule has 0 heterocycles. The highest BCUT2D eigenvalue weighted by Crippen LogP contribution is 2.34. The lowest BCUT2D eigenvalue weighted by Crippen LogP contribution is -2.18. The minimum atomic E-state index is -1.88. The number of halogens is 6. The monoisotopic (exact) mass is 337 g/mol. The molecular weight excluding hydrogens is 333 g/mol. The van der Waals surface area contributed by atoms with Gasteiger partial charge in [-0.3, -0.25) is 4.79 Å². The van der Waals surface area contributed by atoms with E-state index in [-0.39, 0.29) is 15.6 Å². The molecule has 2 aromatic carbocycles. The van der Waals surface area contributed by atoms with Gasteiger partial charge in [-0.05, 0) is 23.8 Å². The van der Waals surface area contributed by atoms with Crippen molar-refractivity contribution in [2.75, 3.05) is 0 Å². The van der Waals surface area contributed by atoms with E-state index in [0.717, 1.165) is 12.1 Å². The van der Waals surface area contributed by atoms with Crippen LogP contribution >= 0.6 is 23.2 Å². The van der Waals surface area contributed by atoms with Crippen LogP contribution in [0.3, 0.4) is 0 Å². The Labute approximate surface area is 126 Å². The molecule has 2 nitrogen and oxygen atoms in total. The maximum Gasteiger partial charge on any atom is 0.254 e. The van der Waals surface area contributed by atoms with Gasteiger partial charge in [0.1, 0.15) is 5.56 Å². The predicted molar refractivity (Wildman–Crippen MR) is 70.2 cm³/mol. The van der Waals surface area contributed by atoms with Crippen LogP contribution in [0.1, 0.15) is 10.4 Å². The van der Waals surface area contributed by atoms with E-state index < -0.39 is 40.3 Å². The van der Waals surface area contributed by atoms with E-state index in [2.05, 4.69) is 0 Å². The minimum absolute atomic E-state index is 0.0103. The molecule has 0 bridgehead atoms. The maximum atomic E-state index is 13.9. The van der Waals surface area contributed by atoms with Gasteiger partial charge in [0.05, 0.1) is 5.56 Å². The summed E-state index contributed by atoms with van der Waals surface area (Å²) in [7, 11) is 0. The van der Waals surface area contributed by atoms with E-state index in [4.69, 9.17) is 28.9 Å². The summed E-state index contributed by atoms with van der Waals surface area (Å²) in [5, 5.41) is 0.0205. The normalized spacial score (nSPS) is 10.8. The molecule has 0 unspecified atom stereocenters. The van der Waals surface area contributed by atoms with Crippen LogP contribution in [0.5, 0.6) is 0 Å². The summed E-state index contributed by atoms with van der Waals surface area (Å²) in [6.45, 7) is 0. The van der Waals surface area contributed by atoms with Crippen molar-refractivity contribution in [2.45, 2.75) is 0 Å². The molecule has 0 aromatic heterocycles. The molecule has 0 aliphatic heterocycles. The predicted octanol–water partition coefficient (Wildman–Crippen LogP) is 4.32. The van der Waals surface area contributed by atoms with E-state index in [1.807, 2.05) is 0 Å². The molecule has 1 amide bonds. The van der Waals surface area contributed by atoms with Crippen molar-refractivity contribution in [3.05, 3.63) is 57.1 Å². The molecule has 2 rings (SSSR count). The summed E-state index contributed by atoms with van der Waals surface area (Å²) in [6.07, 6.45) is 0. The number of rotatable bonds is 2. The van der Waals surface area contributed by atoms with Crippen molar-refractivity contribution in [3.8, 4) is 11.1 Å². The van der Waals surface area contributed by atoms with Crippen LogP contribution in [-0.2, 0) is 0 Å². The largest absolute Gasteiger partial charge is 0.365 e. The van der Waals surface area contributed by atoms with Gasteiger partial charge in [-0.15, -0.1) is 0 Å². The first-order chi connectivity index (χ1) is 9.73. The van der Waals surface area contributed by atoms with Crippen molar-refractivity contribution in [2.24, 2.45) is 5.73 Å². The number of amides is 1. The summed E-state index contributed by atoms with van der Waals surface area (Å²) in [4.78, 5) is 10.9. The first kappa shape index (κ1) is 15.6. The van der Waals surface area contributed by atoms with Crippen LogP contribution < -0.4 is 5.73 Å². The fraction of sp³-hybridized carbons (Fsp3) is 0. The molecule has 0 spiro atoms. The maximum absolute atomic E-state index is 13.9. The molecule has 8 heteroatoms. The highest BCUT2D eigenvalue weighted by molar-refractivity contribution is 6.35. The van der Waals surface area contributed by atoms with Crippen LogP contribution in [0.25, 0.3) is 11.1 Å². The van der Waals surface area contributed by atoms with Crippen LogP contribution in [0.15, 0.2) is 18.2 Å². The zero-order valence-corrected chi connectivity index (χ0v) is 11.5. The third-order valence-electron chi connectivity index (χ3n) is 2.66. The van der Waals surface area contributed by atoms with Gasteiger partial charge in [-0.25, -0.2) is 17.6 Å². The fourth-order valence-electron chi connectivity index (χ4n) is 1.80. The van der Waals surface area contributed by atoms with E-state index in [0.29, 0.717) is 0 Å². The van der Waals surface area contributed by atoms with E-state index >= 15 is 0 Å². The summed E-state index contributed by atoms with van der Waals surface area (Å²) in [5.74, 6) is -8.92. The molecule has 2 N–H and O–H groups in total. The lowest BCUT2D eigenvalue weighted by atomic mass is 10.0. The van der Waals surface area contributed by atoms with Crippen LogP contribution in [0.2, 0.25) is 10.0 Å². The molecule has 110 valence electrons. The molecule has 0 aliphatic carbocycles. The van der Waals surface area contributed by atoms with Gasteiger partial charge in [0, 0.05) is 10.0 Å². The van der Waals surface area contributed by atoms with Crippen LogP contribution in [-0.4, -0.2) is 5.91 Å². The Morgan fingerprint density at radius 1 is 0.857 bits per heavy atom. The molecular formula is C13H5Cl2F4NO. The second kappa shape index (κ2) is 5.54. The van der Waals surface area contributed by atoms with E-state index in [1.54, 1.807) is 0 Å². The molecule has 0 radical (unpaired) electrons. The van der Waals surface area contributed by atoms with Gasteiger partial charge < -0.3 is 5.73 Å². The summed E-state index contributed by atoms with van der Waals surface area (Å²) in [5.41, 5.74) is 1.90. The number of hydrogen-bond donors (Lipinski definition) is 1. The molecule has 0 saturated heterocycles. The Morgan fingerprint density at radius 2 is 1.29 bits per heavy atom. The topological polar surface area (TPSA) is 43.1 Å². The summed E-state index contributed by atoms with van der Waals surface area (Å²) in [6, 6.07) is 3.41. The third-order valence-corrected chi connectivity index (χ3v) is 3.10. The van der Waals surface area contributed by atoms with Gasteiger partial charge in [0.2, 0.25) is 0 Å². The van der Waals surface area contributed by atoms with E-state index in [9.17, 15) is 22.4 Å². The molecule has 0 fully saturated rings. The van der Waals surface area contributed by atoms with Gasteiger partial charge in [-0.2, -0.15) is 0 Å². The first-order valence-corrected chi connectivity index (χ1v) is 6.11. The third kappa shape index (κ3) is 2.69. The average Bonchev–Trinajstić information content (AvgIpc) is 2.35. The second-order valence-electron chi connectivity index (χ2n) is 4.03. The first-order valence-electron chi connectivity index (χ1n) is 5.36. The van der Waals surface area contributed by atoms with Crippen molar-refractivity contribution in [3.63, 3.8) is 0 Å². The Hall–Kier alpha value is -1.79. The van der Waals surface area contributed by atoms with Gasteiger partial charge in [0.25, 0.3) is 5.91 Å². The van der Waals surface area contributed by atoms with E-state index in [1.165, 1.54) is 6.07 Å². The van der Waals surface area contributed by atoms with Gasteiger partial charge in [0.15, 0.2) is 23.3 Å². The van der Waals surface area contributed by atoms with Crippen molar-refractivity contribution in [1.82, 2.24) is 0 Å². The highest BCUT2D eigenvalue weighted by atomic mass is 35.5. The molecule has 0 aliphatic rings. The highest BCUT2D eigenvalue weighted by Gasteiger charge is 2.29. The lowest BCUT2D eigenvalue weighted by Gasteiger charge is -2.11. The summed E-state index contributed by atoms with van der Waals surface area (Å²) >= 11 is 11.4. The van der Waals surface area contributed by atoms with Crippen LogP contribution in [0, 0.1) is 23.3 Å². The molecule has 0 atom stereocenters. The Morgan fingerprint density at radius 3 is 1.67 bits per heavy atom. The Bertz CT molecular complexity index is 715. The number of carbonyl (C=O) groups is 1. The molecule has 2 aromatic rings. The Kier molecular flexibility index (Phi) is 4.11. The number of primary amides is 1. The number of benzene rings is 2. The zero-order valence-electron chi connectivity index (χ0n) is 9.99. The second-order valence-corrected chi connectivity index (χ2v) is 4.90. The number of carbonyl (C=O) groups excluding carboxylic acids is 1. The van der Waals surface area contributed by atoms with Gasteiger partial charge in [-0.1, -0.05) is 23.2 Å². The summed E-state index contributed by atoms with van der Waals surface area (Å²) < 4.78 is 55.3. The Balaban J connectivity index is 2.85. The van der Waals surface area contributed by atoms with Crippen LogP contribution in [0.4, 0.5) is 17.6 Å². The molecule has 0 saturated carbocycles. The smallest absolute Gasteiger partial charge is 0.254 e. The van der Waals surface area contributed by atoms with Gasteiger partial charge >= 0.3 is 0 Å². The van der Waals surface area contributed by atoms with Crippen molar-refractivity contribution >= 4 is 29.1 Å². The number of nitrogens with two attached hydrogens (primary N) is 1. The quantitative estimate of drug-likeness (QED) is 0.643. The zero-order chi connectivity index (χ0) is 15.9. The fourth-order valence-corrected chi connectivity index (χ4v) is 2.33. The minimum Gasteiger partial charge on any atom is -0.365 e. The lowest BCUT2D eigenvalue weighted by molar-refractivity contribution is 0.0990. The SMILES string of the molecule is NC(=O)c1c(F)c(F)c(-c2cc(Cl)cc(Cl)c2)c(F)c1F. The molecule has 21 heavy (non-hydrogen) atoms. The number of hydrogen-bond acceptors (Lipinski definition) is 1. The van der Waals surface area contributed by atoms with Crippen molar-refractivity contribution < 1.29 is 22.4 Å². The standard InChI is InChI=1S/C13H5Cl2F4NO/c14-5-1-4(2-6(15)3-5)7-9(16)11(18)8(13(20)21)12(19)10(7)17/h1-3H,(H2,20,21). The average molecular weight is 338 g/mol.